The molecule has 0 heterocycles. The maximum atomic E-state index is 12.1. The van der Waals surface area contributed by atoms with E-state index in [1.807, 2.05) is 12.1 Å². The molecule has 0 bridgehead atoms. The summed E-state index contributed by atoms with van der Waals surface area (Å²) >= 11 is 6.99. The maximum absolute atomic E-state index is 12.1. The minimum absolute atomic E-state index is 0.0283. The SMILES string of the molecule is COC(=O)/C=C(/Nc1c(Br)cc(Br)cc1CNC1CCC(O)CC1)C(=O)OC. The lowest BCUT2D eigenvalue weighted by Gasteiger charge is -2.27. The first-order chi connectivity index (χ1) is 13.3. The molecule has 1 fully saturated rings. The number of rotatable bonds is 7. The Bertz CT molecular complexity index is 746. The van der Waals surface area contributed by atoms with Gasteiger partial charge in [0.25, 0.3) is 0 Å². The number of nitrogens with one attached hydrogen (secondary N) is 2. The van der Waals surface area contributed by atoms with Crippen molar-refractivity contribution >= 4 is 49.5 Å². The number of hydrogen-bond acceptors (Lipinski definition) is 7. The molecule has 1 aliphatic rings. The molecule has 2 rings (SSSR count). The van der Waals surface area contributed by atoms with Gasteiger partial charge in [0.05, 0.1) is 32.1 Å². The minimum atomic E-state index is -0.680. The van der Waals surface area contributed by atoms with Gasteiger partial charge in [0.15, 0.2) is 0 Å². The van der Waals surface area contributed by atoms with Gasteiger partial charge in [-0.05, 0) is 59.3 Å². The van der Waals surface area contributed by atoms with Crippen LogP contribution < -0.4 is 10.6 Å². The van der Waals surface area contributed by atoms with Crippen LogP contribution in [0.4, 0.5) is 5.69 Å². The first-order valence-corrected chi connectivity index (χ1v) is 10.5. The highest BCUT2D eigenvalue weighted by molar-refractivity contribution is 9.11. The van der Waals surface area contributed by atoms with E-state index in [1.165, 1.54) is 14.2 Å². The molecule has 7 nitrogen and oxygen atoms in total. The smallest absolute Gasteiger partial charge is 0.354 e. The lowest BCUT2D eigenvalue weighted by Crippen LogP contribution is -2.34. The molecule has 1 aromatic carbocycles. The number of hydrogen-bond donors (Lipinski definition) is 3. The highest BCUT2D eigenvalue weighted by atomic mass is 79.9. The third kappa shape index (κ3) is 6.58. The number of aliphatic hydroxyl groups is 1. The van der Waals surface area contributed by atoms with Crippen molar-refractivity contribution in [3.05, 3.63) is 38.4 Å². The molecule has 1 saturated carbocycles. The summed E-state index contributed by atoms with van der Waals surface area (Å²) in [5.41, 5.74) is 1.51. The van der Waals surface area contributed by atoms with Crippen LogP contribution in [0.2, 0.25) is 0 Å². The number of methoxy groups -OCH3 is 2. The summed E-state index contributed by atoms with van der Waals surface area (Å²) in [5, 5.41) is 16.2. The van der Waals surface area contributed by atoms with E-state index in [2.05, 4.69) is 47.2 Å². The van der Waals surface area contributed by atoms with Crippen molar-refractivity contribution in [1.82, 2.24) is 5.32 Å². The summed E-state index contributed by atoms with van der Waals surface area (Å²) in [7, 11) is 2.48. The molecule has 3 N–H and O–H groups in total. The highest BCUT2D eigenvalue weighted by Crippen LogP contribution is 2.32. The van der Waals surface area contributed by atoms with Crippen molar-refractivity contribution in [1.29, 1.82) is 0 Å². The van der Waals surface area contributed by atoms with Gasteiger partial charge < -0.3 is 25.2 Å². The molecule has 0 spiro atoms. The van der Waals surface area contributed by atoms with Crippen LogP contribution in [-0.2, 0) is 25.6 Å². The van der Waals surface area contributed by atoms with Crippen LogP contribution >= 0.6 is 31.9 Å². The van der Waals surface area contributed by atoms with Crippen molar-refractivity contribution in [3.63, 3.8) is 0 Å². The summed E-state index contributed by atoms with van der Waals surface area (Å²) < 4.78 is 11.0. The van der Waals surface area contributed by atoms with E-state index in [0.29, 0.717) is 18.3 Å². The standard InChI is InChI=1S/C19H24Br2N2O5/c1-27-17(25)9-16(19(26)28-2)23-18-11(7-12(20)8-15(18)21)10-22-13-3-5-14(24)6-4-13/h7-9,13-14,22-24H,3-6,10H2,1-2H3/b16-9+. The van der Waals surface area contributed by atoms with Crippen LogP contribution in [0.1, 0.15) is 31.2 Å². The van der Waals surface area contributed by atoms with Gasteiger partial charge in [0, 0.05) is 21.5 Å². The molecule has 0 radical (unpaired) electrons. The van der Waals surface area contributed by atoms with Crippen LogP contribution in [0.3, 0.4) is 0 Å². The summed E-state index contributed by atoms with van der Waals surface area (Å²) in [6, 6.07) is 4.10. The normalized spacial score (nSPS) is 19.8. The Morgan fingerprint density at radius 1 is 1.18 bits per heavy atom. The number of esters is 2. The molecular formula is C19H24Br2N2O5. The molecule has 28 heavy (non-hydrogen) atoms. The monoisotopic (exact) mass is 518 g/mol. The predicted molar refractivity (Wildman–Crippen MR) is 113 cm³/mol. The van der Waals surface area contributed by atoms with Gasteiger partial charge in [-0.2, -0.15) is 0 Å². The van der Waals surface area contributed by atoms with Gasteiger partial charge in [-0.3, -0.25) is 0 Å². The zero-order valence-electron chi connectivity index (χ0n) is 15.8. The predicted octanol–water partition coefficient (Wildman–Crippen LogP) is 3.25. The lowest BCUT2D eigenvalue weighted by molar-refractivity contribution is -0.138. The second-order valence-corrected chi connectivity index (χ2v) is 8.28. The molecule has 0 aromatic heterocycles. The van der Waals surface area contributed by atoms with Crippen molar-refractivity contribution in [2.75, 3.05) is 19.5 Å². The molecule has 1 aliphatic carbocycles. The third-order valence-electron chi connectivity index (χ3n) is 4.54. The van der Waals surface area contributed by atoms with Crippen LogP contribution in [-0.4, -0.2) is 43.4 Å². The van der Waals surface area contributed by atoms with Crippen molar-refractivity contribution in [2.45, 2.75) is 44.4 Å². The summed E-state index contributed by atoms with van der Waals surface area (Å²) in [5.74, 6) is -1.35. The lowest BCUT2D eigenvalue weighted by atomic mass is 9.93. The van der Waals surface area contributed by atoms with Crippen molar-refractivity contribution in [2.24, 2.45) is 0 Å². The minimum Gasteiger partial charge on any atom is -0.466 e. The number of anilines is 1. The Morgan fingerprint density at radius 2 is 1.86 bits per heavy atom. The van der Waals surface area contributed by atoms with Gasteiger partial charge in [0.1, 0.15) is 5.70 Å². The van der Waals surface area contributed by atoms with E-state index < -0.39 is 11.9 Å². The average Bonchev–Trinajstić information content (AvgIpc) is 2.68. The first-order valence-electron chi connectivity index (χ1n) is 8.88. The molecule has 154 valence electrons. The zero-order chi connectivity index (χ0) is 20.7. The number of ether oxygens (including phenoxy) is 2. The average molecular weight is 520 g/mol. The summed E-state index contributed by atoms with van der Waals surface area (Å²) in [4.78, 5) is 23.7. The Balaban J connectivity index is 2.23. The second-order valence-electron chi connectivity index (χ2n) is 6.51. The Labute approximate surface area is 181 Å². The van der Waals surface area contributed by atoms with E-state index in [9.17, 15) is 14.7 Å². The molecule has 9 heteroatoms. The number of aliphatic hydroxyl groups excluding tert-OH is 1. The van der Waals surface area contributed by atoms with Crippen LogP contribution in [0.15, 0.2) is 32.9 Å². The van der Waals surface area contributed by atoms with Crippen LogP contribution in [0.5, 0.6) is 0 Å². The highest BCUT2D eigenvalue weighted by Gasteiger charge is 2.21. The summed E-state index contributed by atoms with van der Waals surface area (Å²) in [6.45, 7) is 0.549. The van der Waals surface area contributed by atoms with Gasteiger partial charge in [-0.25, -0.2) is 9.59 Å². The second kappa shape index (κ2) is 10.9. The third-order valence-corrected chi connectivity index (χ3v) is 5.63. The topological polar surface area (TPSA) is 96.9 Å². The number of benzene rings is 1. The van der Waals surface area contributed by atoms with Gasteiger partial charge in [0.2, 0.25) is 0 Å². The van der Waals surface area contributed by atoms with E-state index >= 15 is 0 Å². The van der Waals surface area contributed by atoms with Crippen molar-refractivity contribution < 1.29 is 24.2 Å². The fourth-order valence-corrected chi connectivity index (χ4v) is 4.42. The fourth-order valence-electron chi connectivity index (χ4n) is 3.01. The Hall–Kier alpha value is -1.42. The van der Waals surface area contributed by atoms with Crippen molar-refractivity contribution in [3.8, 4) is 0 Å². The molecule has 0 saturated heterocycles. The van der Waals surface area contributed by atoms with E-state index in [1.54, 1.807) is 0 Å². The molecule has 0 atom stereocenters. The molecule has 0 amide bonds. The number of carbonyl (C=O) groups is 2. The molecule has 0 unspecified atom stereocenters. The quantitative estimate of drug-likeness (QED) is 0.376. The van der Waals surface area contributed by atoms with E-state index in [-0.39, 0.29) is 11.8 Å². The zero-order valence-corrected chi connectivity index (χ0v) is 18.9. The van der Waals surface area contributed by atoms with E-state index in [0.717, 1.165) is 46.3 Å². The van der Waals surface area contributed by atoms with Gasteiger partial charge in [-0.1, -0.05) is 15.9 Å². The number of carbonyl (C=O) groups excluding carboxylic acids is 2. The van der Waals surface area contributed by atoms with Crippen LogP contribution in [0.25, 0.3) is 0 Å². The Morgan fingerprint density at radius 3 is 2.46 bits per heavy atom. The molecular weight excluding hydrogens is 496 g/mol. The molecule has 0 aliphatic heterocycles. The van der Waals surface area contributed by atoms with Crippen LogP contribution in [0, 0.1) is 0 Å². The maximum Gasteiger partial charge on any atom is 0.354 e. The number of halogens is 2. The first kappa shape index (κ1) is 22.9. The largest absolute Gasteiger partial charge is 0.466 e. The van der Waals surface area contributed by atoms with Gasteiger partial charge >= 0.3 is 11.9 Å². The summed E-state index contributed by atoms with van der Waals surface area (Å²) in [6.07, 6.45) is 4.25. The molecule has 1 aromatic rings. The van der Waals surface area contributed by atoms with E-state index in [4.69, 9.17) is 4.74 Å². The Kier molecular flexibility index (Phi) is 8.94. The van der Waals surface area contributed by atoms with Gasteiger partial charge in [-0.15, -0.1) is 0 Å². The fraction of sp³-hybridized carbons (Fsp3) is 0.474.